The highest BCUT2D eigenvalue weighted by molar-refractivity contribution is 6.13. The second-order valence-electron chi connectivity index (χ2n) is 12.0. The Balaban J connectivity index is 1.19. The minimum atomic E-state index is 0.876. The van der Waals surface area contributed by atoms with Gasteiger partial charge in [0.25, 0.3) is 0 Å². The molecule has 9 rings (SSSR count). The van der Waals surface area contributed by atoms with Crippen LogP contribution in [0.3, 0.4) is 0 Å². The van der Waals surface area contributed by atoms with Crippen LogP contribution in [0.25, 0.3) is 88.6 Å². The lowest BCUT2D eigenvalue weighted by molar-refractivity contribution is 0.669. The lowest BCUT2D eigenvalue weighted by Gasteiger charge is -2.11. The van der Waals surface area contributed by atoms with Gasteiger partial charge in [-0.2, -0.15) is 0 Å². The molecule has 2 heterocycles. The van der Waals surface area contributed by atoms with E-state index in [0.717, 1.165) is 61.1 Å². The van der Waals surface area contributed by atoms with E-state index in [1.807, 2.05) is 12.1 Å². The summed E-state index contributed by atoms with van der Waals surface area (Å²) in [7, 11) is 0. The Morgan fingerprint density at radius 3 is 1.49 bits per heavy atom. The maximum Gasteiger partial charge on any atom is 0.136 e. The van der Waals surface area contributed by atoms with E-state index in [9.17, 15) is 0 Å². The topological polar surface area (TPSA) is 26.0 Å². The van der Waals surface area contributed by atoms with Crippen LogP contribution in [0.15, 0.2) is 180 Å². The molecule has 47 heavy (non-hydrogen) atoms. The fourth-order valence-electron chi connectivity index (χ4n) is 6.68. The average Bonchev–Trinajstić information content (AvgIpc) is 3.53. The first-order valence-corrected chi connectivity index (χ1v) is 16.0. The maximum atomic E-state index is 6.45. The highest BCUT2D eigenvalue weighted by Gasteiger charge is 2.16. The van der Waals surface area contributed by atoms with Crippen molar-refractivity contribution >= 4 is 32.7 Å². The molecule has 7 aromatic carbocycles. The highest BCUT2D eigenvalue weighted by atomic mass is 16.3. The molecule has 0 aliphatic rings. The third-order valence-corrected chi connectivity index (χ3v) is 9.05. The van der Waals surface area contributed by atoms with Crippen LogP contribution in [0.4, 0.5) is 0 Å². The first kappa shape index (κ1) is 27.1. The third kappa shape index (κ3) is 4.97. The Bertz CT molecular complexity index is 2490. The predicted octanol–water partition coefficient (Wildman–Crippen LogP) is 12.5. The van der Waals surface area contributed by atoms with Gasteiger partial charge in [0.2, 0.25) is 0 Å². The number of pyridine rings is 1. The number of furan rings is 1. The zero-order valence-corrected chi connectivity index (χ0v) is 25.6. The molecule has 0 bridgehead atoms. The molecule has 0 aliphatic carbocycles. The summed E-state index contributed by atoms with van der Waals surface area (Å²) in [6, 6.07) is 62.1. The number of hydrogen-bond acceptors (Lipinski definition) is 2. The van der Waals surface area contributed by atoms with Crippen molar-refractivity contribution in [3.8, 4) is 55.9 Å². The number of nitrogens with zero attached hydrogens (tertiary/aromatic N) is 1. The summed E-state index contributed by atoms with van der Waals surface area (Å²) in [6.45, 7) is 0. The van der Waals surface area contributed by atoms with Crippen molar-refractivity contribution in [3.63, 3.8) is 0 Å². The summed E-state index contributed by atoms with van der Waals surface area (Å²) in [5.74, 6) is 0. The molecule has 0 saturated carbocycles. The molecular weight excluding hydrogens is 571 g/mol. The van der Waals surface area contributed by atoms with Crippen molar-refractivity contribution in [2.75, 3.05) is 0 Å². The van der Waals surface area contributed by atoms with E-state index in [1.54, 1.807) is 0 Å². The van der Waals surface area contributed by atoms with Crippen molar-refractivity contribution < 1.29 is 4.42 Å². The molecule has 2 heteroatoms. The summed E-state index contributed by atoms with van der Waals surface area (Å²) in [4.78, 5) is 5.11. The molecule has 9 aromatic rings. The van der Waals surface area contributed by atoms with Crippen LogP contribution in [-0.2, 0) is 0 Å². The van der Waals surface area contributed by atoms with Crippen LogP contribution in [0.2, 0.25) is 0 Å². The number of rotatable bonds is 5. The van der Waals surface area contributed by atoms with E-state index in [0.29, 0.717) is 0 Å². The summed E-state index contributed by atoms with van der Waals surface area (Å²) in [6.07, 6.45) is 0. The Kier molecular flexibility index (Phi) is 6.50. The molecule has 0 spiro atoms. The smallest absolute Gasteiger partial charge is 0.136 e. The van der Waals surface area contributed by atoms with Crippen LogP contribution >= 0.6 is 0 Å². The van der Waals surface area contributed by atoms with E-state index in [1.165, 1.54) is 27.5 Å². The zero-order chi connectivity index (χ0) is 31.2. The quantitative estimate of drug-likeness (QED) is 0.197. The molecule has 2 nitrogen and oxygen atoms in total. The minimum Gasteiger partial charge on any atom is -0.456 e. The Morgan fingerprint density at radius 2 is 0.872 bits per heavy atom. The maximum absolute atomic E-state index is 6.45. The zero-order valence-electron chi connectivity index (χ0n) is 25.6. The predicted molar refractivity (Wildman–Crippen MR) is 196 cm³/mol. The van der Waals surface area contributed by atoms with Crippen LogP contribution in [0.5, 0.6) is 0 Å². The molecular formula is C45H29NO. The van der Waals surface area contributed by atoms with Gasteiger partial charge in [-0.05, 0) is 86.6 Å². The summed E-state index contributed by atoms with van der Waals surface area (Å²) in [5.41, 5.74) is 12.9. The normalized spacial score (nSPS) is 11.4. The van der Waals surface area contributed by atoms with Crippen molar-refractivity contribution in [2.45, 2.75) is 0 Å². The monoisotopic (exact) mass is 599 g/mol. The van der Waals surface area contributed by atoms with Gasteiger partial charge < -0.3 is 4.42 Å². The van der Waals surface area contributed by atoms with Gasteiger partial charge in [-0.1, -0.05) is 133 Å². The van der Waals surface area contributed by atoms with Crippen molar-refractivity contribution in [3.05, 3.63) is 176 Å². The molecule has 0 radical (unpaired) electrons. The first-order chi connectivity index (χ1) is 23.3. The SMILES string of the molecule is c1ccc(-c2ccc3cc(-c4ccc5oc6cccc(-c7cc(-c8ccccc8)nc(-c8ccccc8)c7)c6c5c4)ccc3c2)cc1. The fourth-order valence-corrected chi connectivity index (χ4v) is 6.68. The standard InChI is InChI=1S/C45H29NO/c1-4-11-30(12-5-1)33-19-20-35-26-36(22-21-34(35)25-33)37-23-24-43-40(27-37)45-39(17-10-18-44(45)47-43)38-28-41(31-13-6-2-7-14-31)46-42(29-38)32-15-8-3-9-16-32/h1-29H. The van der Waals surface area contributed by atoms with E-state index < -0.39 is 0 Å². The largest absolute Gasteiger partial charge is 0.456 e. The van der Waals surface area contributed by atoms with Gasteiger partial charge in [0.1, 0.15) is 11.2 Å². The average molecular weight is 600 g/mol. The molecule has 0 amide bonds. The first-order valence-electron chi connectivity index (χ1n) is 16.0. The van der Waals surface area contributed by atoms with E-state index in [-0.39, 0.29) is 0 Å². The van der Waals surface area contributed by atoms with Crippen molar-refractivity contribution in [2.24, 2.45) is 0 Å². The van der Waals surface area contributed by atoms with Crippen molar-refractivity contribution in [1.29, 1.82) is 0 Å². The molecule has 0 aliphatic heterocycles. The van der Waals surface area contributed by atoms with E-state index in [2.05, 4.69) is 164 Å². The Labute approximate surface area is 273 Å². The number of aromatic nitrogens is 1. The number of benzene rings is 7. The van der Waals surface area contributed by atoms with Gasteiger partial charge in [-0.15, -0.1) is 0 Å². The molecule has 220 valence electrons. The minimum absolute atomic E-state index is 0.876. The van der Waals surface area contributed by atoms with Crippen molar-refractivity contribution in [1.82, 2.24) is 4.98 Å². The van der Waals surface area contributed by atoms with Gasteiger partial charge in [-0.25, -0.2) is 4.98 Å². The number of hydrogen-bond donors (Lipinski definition) is 0. The van der Waals surface area contributed by atoms with E-state index in [4.69, 9.17) is 9.40 Å². The van der Waals surface area contributed by atoms with Crippen LogP contribution < -0.4 is 0 Å². The Morgan fingerprint density at radius 1 is 0.340 bits per heavy atom. The second-order valence-corrected chi connectivity index (χ2v) is 12.0. The van der Waals surface area contributed by atoms with Crippen LogP contribution in [0.1, 0.15) is 0 Å². The molecule has 0 atom stereocenters. The van der Waals surface area contributed by atoms with Gasteiger partial charge >= 0.3 is 0 Å². The molecule has 0 fully saturated rings. The number of fused-ring (bicyclic) bond motifs is 4. The van der Waals surface area contributed by atoms with Gasteiger partial charge in [-0.3, -0.25) is 0 Å². The van der Waals surface area contributed by atoms with Gasteiger partial charge in [0.05, 0.1) is 11.4 Å². The van der Waals surface area contributed by atoms with Gasteiger partial charge in [0, 0.05) is 21.9 Å². The van der Waals surface area contributed by atoms with Crippen LogP contribution in [0, 0.1) is 0 Å². The molecule has 2 aromatic heterocycles. The molecule has 0 unspecified atom stereocenters. The molecule has 0 N–H and O–H groups in total. The lowest BCUT2D eigenvalue weighted by Crippen LogP contribution is -1.91. The second kappa shape index (κ2) is 11.3. The Hall–Kier alpha value is -6.25. The summed E-state index contributed by atoms with van der Waals surface area (Å²) < 4.78 is 6.45. The van der Waals surface area contributed by atoms with Gasteiger partial charge in [0.15, 0.2) is 0 Å². The lowest BCUT2D eigenvalue weighted by atomic mass is 9.94. The van der Waals surface area contributed by atoms with Crippen LogP contribution in [-0.4, -0.2) is 4.98 Å². The summed E-state index contributed by atoms with van der Waals surface area (Å²) in [5, 5.41) is 4.67. The third-order valence-electron chi connectivity index (χ3n) is 9.05. The molecule has 0 saturated heterocycles. The fraction of sp³-hybridized carbons (Fsp3) is 0. The van der Waals surface area contributed by atoms with E-state index >= 15 is 0 Å². The highest BCUT2D eigenvalue weighted by Crippen LogP contribution is 2.40. The summed E-state index contributed by atoms with van der Waals surface area (Å²) >= 11 is 0.